The molecule has 0 aliphatic carbocycles. The van der Waals surface area contributed by atoms with Gasteiger partial charge < -0.3 is 4.42 Å². The van der Waals surface area contributed by atoms with Gasteiger partial charge in [-0.05, 0) is 65.1 Å². The van der Waals surface area contributed by atoms with E-state index in [0.717, 1.165) is 122 Å². The molecule has 7 aromatic carbocycles. The number of aromatic nitrogens is 8. The van der Waals surface area contributed by atoms with E-state index in [1.807, 2.05) is 36.4 Å². The van der Waals surface area contributed by atoms with E-state index in [1.165, 1.54) is 0 Å². The van der Waals surface area contributed by atoms with Crippen molar-refractivity contribution >= 4 is 111 Å². The maximum absolute atomic E-state index is 6.39. The zero-order valence-electron chi connectivity index (χ0n) is 29.0. The Morgan fingerprint density at radius 1 is 0.464 bits per heavy atom. The van der Waals surface area contributed by atoms with Crippen LogP contribution in [-0.2, 0) is 21.1 Å². The van der Waals surface area contributed by atoms with Crippen LogP contribution in [0.25, 0.3) is 122 Å². The number of benzene rings is 7. The van der Waals surface area contributed by atoms with Crippen LogP contribution in [0.3, 0.4) is 0 Å². The second kappa shape index (κ2) is 10.6. The number of imidazole rings is 4. The molecule has 0 radical (unpaired) electrons. The van der Waals surface area contributed by atoms with Crippen LogP contribution in [0.2, 0.25) is 0 Å². The predicted octanol–water partition coefficient (Wildman–Crippen LogP) is 10.4. The summed E-state index contributed by atoms with van der Waals surface area (Å²) >= 11 is 0. The van der Waals surface area contributed by atoms with Crippen LogP contribution < -0.4 is 0 Å². The summed E-state index contributed by atoms with van der Waals surface area (Å²) in [5.74, 6) is 1.56. The van der Waals surface area contributed by atoms with E-state index in [4.69, 9.17) is 24.4 Å². The van der Waals surface area contributed by atoms with Crippen LogP contribution in [0, 0.1) is 12.1 Å². The summed E-state index contributed by atoms with van der Waals surface area (Å²) in [5.41, 5.74) is 14.5. The van der Waals surface area contributed by atoms with E-state index in [0.29, 0.717) is 0 Å². The number of rotatable bonds is 1. The summed E-state index contributed by atoms with van der Waals surface area (Å²) in [6.45, 7) is 0. The molecule has 0 aliphatic rings. The molecule has 0 aliphatic heterocycles. The minimum atomic E-state index is 0. The van der Waals surface area contributed by atoms with Gasteiger partial charge in [0.2, 0.25) is 11.6 Å². The molecule has 7 heterocycles. The summed E-state index contributed by atoms with van der Waals surface area (Å²) in [4.78, 5) is 20.9. The third-order valence-electron chi connectivity index (χ3n) is 11.3. The van der Waals surface area contributed by atoms with E-state index < -0.39 is 0 Å². The molecule has 0 bridgehead atoms. The molecule has 14 aromatic rings. The van der Waals surface area contributed by atoms with Crippen LogP contribution in [-0.4, -0.2) is 37.5 Å². The standard InChI is InChI=1S/C46H22N8O.Pt/c1-5-15-34-28(11-1)43-47-31-13-3-7-17-36(31)53(43)46-50-42-26(12-9-18-37(42)51(34)46)25-20-21-33-39(22-25)54-44(48-33)30-24-41-29(27-10-2-8-19-40(27)55-41)23-38(30)52-35-16-6-4-14-32(35)49-45(52)54;/h1-16,18-21,23-24H;/q-2;+2. The van der Waals surface area contributed by atoms with Gasteiger partial charge in [-0.15, -0.1) is 29.8 Å². The number of hydrogen-bond donors (Lipinski definition) is 0. The van der Waals surface area contributed by atoms with Crippen LogP contribution in [0.4, 0.5) is 0 Å². The second-order valence-corrected chi connectivity index (χ2v) is 14.2. The van der Waals surface area contributed by atoms with Gasteiger partial charge in [-0.2, -0.15) is 18.2 Å². The smallest absolute Gasteiger partial charge is 0.456 e. The SMILES string of the molecule is [Pt+2].[c-]1c(-c2cccc3c2nc2n3c3ccccc3c3nc4ccc[c-]c4n32)ccc2nc3c4cc5oc6ccccc6c5cc4n4c5ccccc5nc4n3c12. The summed E-state index contributed by atoms with van der Waals surface area (Å²) in [5, 5.41) is 4.16. The summed E-state index contributed by atoms with van der Waals surface area (Å²) in [7, 11) is 0. The van der Waals surface area contributed by atoms with E-state index in [2.05, 4.69) is 127 Å². The molecule has 10 heteroatoms. The average molecular weight is 898 g/mol. The molecule has 0 atom stereocenters. The number of para-hydroxylation sites is 6. The molecule has 0 unspecified atom stereocenters. The summed E-state index contributed by atoms with van der Waals surface area (Å²) < 4.78 is 15.1. The molecule has 7 aromatic heterocycles. The first-order valence-electron chi connectivity index (χ1n) is 18.2. The molecular weight excluding hydrogens is 876 g/mol. The Hall–Kier alpha value is -7.09. The van der Waals surface area contributed by atoms with Crippen molar-refractivity contribution in [2.45, 2.75) is 0 Å². The van der Waals surface area contributed by atoms with E-state index >= 15 is 0 Å². The summed E-state index contributed by atoms with van der Waals surface area (Å²) in [6.07, 6.45) is 0. The van der Waals surface area contributed by atoms with Gasteiger partial charge in [-0.25, -0.2) is 9.97 Å². The fraction of sp³-hybridized carbons (Fsp3) is 0. The predicted molar refractivity (Wildman–Crippen MR) is 217 cm³/mol. The fourth-order valence-electron chi connectivity index (χ4n) is 8.95. The minimum Gasteiger partial charge on any atom is -0.456 e. The Morgan fingerprint density at radius 3 is 2.11 bits per heavy atom. The number of furan rings is 1. The van der Waals surface area contributed by atoms with Crippen molar-refractivity contribution in [1.82, 2.24) is 37.5 Å². The normalized spacial score (nSPS) is 12.5. The zero-order chi connectivity index (χ0) is 35.5. The molecule has 0 amide bonds. The van der Waals surface area contributed by atoms with Crippen LogP contribution in [0.5, 0.6) is 0 Å². The number of fused-ring (bicyclic) bond motifs is 23. The van der Waals surface area contributed by atoms with Crippen molar-refractivity contribution in [2.75, 3.05) is 0 Å². The second-order valence-electron chi connectivity index (χ2n) is 14.2. The van der Waals surface area contributed by atoms with Gasteiger partial charge in [0.1, 0.15) is 22.5 Å². The van der Waals surface area contributed by atoms with Crippen LogP contribution in [0.1, 0.15) is 0 Å². The largest absolute Gasteiger partial charge is 2.00 e. The average Bonchev–Trinajstić information content (AvgIpc) is 4.05. The molecule has 9 nitrogen and oxygen atoms in total. The Kier molecular flexibility index (Phi) is 5.71. The molecule has 0 saturated heterocycles. The minimum absolute atomic E-state index is 0. The Balaban J connectivity index is 0.00000330. The first-order chi connectivity index (χ1) is 27.3. The Morgan fingerprint density at radius 2 is 1.18 bits per heavy atom. The first-order valence-corrected chi connectivity index (χ1v) is 18.2. The van der Waals surface area contributed by atoms with Gasteiger partial charge in [0, 0.05) is 27.1 Å². The van der Waals surface area contributed by atoms with Crippen molar-refractivity contribution in [3.63, 3.8) is 0 Å². The van der Waals surface area contributed by atoms with Gasteiger partial charge in [-0.1, -0.05) is 60.2 Å². The van der Waals surface area contributed by atoms with Gasteiger partial charge in [0.25, 0.3) is 0 Å². The topological polar surface area (TPSA) is 82.3 Å². The van der Waals surface area contributed by atoms with Crippen LogP contribution in [0.15, 0.2) is 138 Å². The maximum atomic E-state index is 6.39. The van der Waals surface area contributed by atoms with Gasteiger partial charge in [0.05, 0.1) is 33.1 Å². The van der Waals surface area contributed by atoms with Gasteiger partial charge >= 0.3 is 21.1 Å². The van der Waals surface area contributed by atoms with Crippen LogP contribution >= 0.6 is 0 Å². The summed E-state index contributed by atoms with van der Waals surface area (Å²) in [6, 6.07) is 52.9. The van der Waals surface area contributed by atoms with Gasteiger partial charge in [0.15, 0.2) is 0 Å². The van der Waals surface area contributed by atoms with Crippen molar-refractivity contribution in [1.29, 1.82) is 0 Å². The van der Waals surface area contributed by atoms with Gasteiger partial charge in [-0.3, -0.25) is 27.6 Å². The van der Waals surface area contributed by atoms with Crippen molar-refractivity contribution in [2.24, 2.45) is 0 Å². The van der Waals surface area contributed by atoms with Crippen molar-refractivity contribution in [3.05, 3.63) is 146 Å². The third-order valence-corrected chi connectivity index (χ3v) is 11.3. The number of hydrogen-bond acceptors (Lipinski definition) is 5. The fourth-order valence-corrected chi connectivity index (χ4v) is 8.95. The van der Waals surface area contributed by atoms with E-state index in [9.17, 15) is 0 Å². The Bertz CT molecular complexity index is 4030. The van der Waals surface area contributed by atoms with Crippen molar-refractivity contribution < 1.29 is 25.5 Å². The van der Waals surface area contributed by atoms with Crippen molar-refractivity contribution in [3.8, 4) is 11.1 Å². The third kappa shape index (κ3) is 3.68. The van der Waals surface area contributed by atoms with E-state index in [1.54, 1.807) is 0 Å². The zero-order valence-corrected chi connectivity index (χ0v) is 31.3. The maximum Gasteiger partial charge on any atom is 2.00 e. The quantitative estimate of drug-likeness (QED) is 0.153. The molecule has 56 heavy (non-hydrogen) atoms. The number of nitrogens with zero attached hydrogens (tertiary/aromatic N) is 8. The molecule has 0 spiro atoms. The molecule has 0 saturated carbocycles. The molecule has 14 rings (SSSR count). The molecule has 0 fully saturated rings. The Labute approximate surface area is 328 Å². The first kappa shape index (κ1) is 30.3. The molecular formula is C46H22N8OPt. The molecule has 0 N–H and O–H groups in total. The monoisotopic (exact) mass is 897 g/mol. The molecule has 262 valence electrons. The van der Waals surface area contributed by atoms with E-state index in [-0.39, 0.29) is 21.1 Å².